The molecule has 0 amide bonds. The average Bonchev–Trinajstić information content (AvgIpc) is 2.89. The van der Waals surface area contributed by atoms with E-state index in [1.165, 1.54) is 14.2 Å². The van der Waals surface area contributed by atoms with Crippen molar-refractivity contribution in [3.63, 3.8) is 0 Å². The van der Waals surface area contributed by atoms with E-state index in [9.17, 15) is 0 Å². The zero-order chi connectivity index (χ0) is 12.4. The Labute approximate surface area is 114 Å². The third-order valence-electron chi connectivity index (χ3n) is 2.76. The number of thiophene rings is 1. The smallest absolute Gasteiger partial charge is 0.126 e. The summed E-state index contributed by atoms with van der Waals surface area (Å²) in [5, 5.41) is 3.31. The predicted octanol–water partition coefficient (Wildman–Crippen LogP) is 4.28. The molecule has 0 aliphatic rings. The van der Waals surface area contributed by atoms with Crippen LogP contribution in [0.25, 0.3) is 0 Å². The highest BCUT2D eigenvalue weighted by atomic mass is 79.9. The Balaban J connectivity index is 2.32. The van der Waals surface area contributed by atoms with Crippen LogP contribution in [-0.4, -0.2) is 7.05 Å². The molecule has 0 saturated heterocycles. The SMILES string of the molecule is CCc1ccc(C(NC)c2cc(Br)c(C)s2)o1. The topological polar surface area (TPSA) is 25.2 Å². The Morgan fingerprint density at radius 2 is 2.24 bits per heavy atom. The summed E-state index contributed by atoms with van der Waals surface area (Å²) >= 11 is 5.35. The van der Waals surface area contributed by atoms with Gasteiger partial charge in [-0.1, -0.05) is 6.92 Å². The Kier molecular flexibility index (Phi) is 4.07. The predicted molar refractivity (Wildman–Crippen MR) is 75.7 cm³/mol. The van der Waals surface area contributed by atoms with Crippen LogP contribution in [0.2, 0.25) is 0 Å². The molecule has 2 aromatic rings. The van der Waals surface area contributed by atoms with Gasteiger partial charge in [0.05, 0.1) is 0 Å². The molecule has 0 fully saturated rings. The number of hydrogen-bond donors (Lipinski definition) is 1. The van der Waals surface area contributed by atoms with E-state index in [4.69, 9.17) is 4.42 Å². The van der Waals surface area contributed by atoms with Crippen LogP contribution in [0.5, 0.6) is 0 Å². The van der Waals surface area contributed by atoms with Crippen LogP contribution in [0.1, 0.15) is 34.2 Å². The molecule has 2 nitrogen and oxygen atoms in total. The van der Waals surface area contributed by atoms with Crippen LogP contribution in [0.15, 0.2) is 27.1 Å². The van der Waals surface area contributed by atoms with Crippen molar-refractivity contribution in [1.82, 2.24) is 5.32 Å². The Bertz CT molecular complexity index is 484. The minimum absolute atomic E-state index is 0.144. The summed E-state index contributed by atoms with van der Waals surface area (Å²) < 4.78 is 6.98. The number of aryl methyl sites for hydroxylation is 2. The molecule has 0 bridgehead atoms. The third kappa shape index (κ3) is 2.64. The fraction of sp³-hybridized carbons (Fsp3) is 0.385. The lowest BCUT2D eigenvalue weighted by atomic mass is 10.2. The molecule has 0 radical (unpaired) electrons. The van der Waals surface area contributed by atoms with E-state index in [1.54, 1.807) is 11.3 Å². The van der Waals surface area contributed by atoms with Crippen LogP contribution in [0.4, 0.5) is 0 Å². The fourth-order valence-corrected chi connectivity index (χ4v) is 3.47. The molecule has 2 aromatic heterocycles. The van der Waals surface area contributed by atoms with Crippen LogP contribution in [0, 0.1) is 6.92 Å². The second-order valence-electron chi connectivity index (χ2n) is 3.93. The van der Waals surface area contributed by atoms with Crippen molar-refractivity contribution in [3.05, 3.63) is 43.9 Å². The molecule has 0 aliphatic carbocycles. The molecule has 1 atom stereocenters. The minimum atomic E-state index is 0.144. The van der Waals surface area contributed by atoms with Crippen molar-refractivity contribution in [2.75, 3.05) is 7.05 Å². The maximum absolute atomic E-state index is 5.82. The van der Waals surface area contributed by atoms with E-state index < -0.39 is 0 Å². The zero-order valence-corrected chi connectivity index (χ0v) is 12.6. The minimum Gasteiger partial charge on any atom is -0.464 e. The molecule has 1 N–H and O–H groups in total. The first-order valence-electron chi connectivity index (χ1n) is 5.67. The van der Waals surface area contributed by atoms with E-state index in [0.717, 1.165) is 17.9 Å². The molecular formula is C13H16BrNOS. The summed E-state index contributed by atoms with van der Waals surface area (Å²) in [6.45, 7) is 4.22. The second-order valence-corrected chi connectivity index (χ2v) is 6.07. The van der Waals surface area contributed by atoms with Gasteiger partial charge in [-0.25, -0.2) is 0 Å². The van der Waals surface area contributed by atoms with Gasteiger partial charge in [0.1, 0.15) is 17.6 Å². The van der Waals surface area contributed by atoms with Gasteiger partial charge < -0.3 is 9.73 Å². The fourth-order valence-electron chi connectivity index (χ4n) is 1.79. The average molecular weight is 314 g/mol. The summed E-state index contributed by atoms with van der Waals surface area (Å²) in [7, 11) is 1.96. The molecule has 0 spiro atoms. The number of hydrogen-bond acceptors (Lipinski definition) is 3. The molecule has 2 rings (SSSR count). The zero-order valence-electron chi connectivity index (χ0n) is 10.2. The van der Waals surface area contributed by atoms with Crippen molar-refractivity contribution in [2.24, 2.45) is 0 Å². The summed E-state index contributed by atoms with van der Waals surface area (Å²) in [6, 6.07) is 6.42. The van der Waals surface area contributed by atoms with E-state index in [1.807, 2.05) is 7.05 Å². The second kappa shape index (κ2) is 5.38. The van der Waals surface area contributed by atoms with Gasteiger partial charge in [0.2, 0.25) is 0 Å². The van der Waals surface area contributed by atoms with Gasteiger partial charge in [-0.2, -0.15) is 0 Å². The van der Waals surface area contributed by atoms with E-state index in [2.05, 4.69) is 53.3 Å². The lowest BCUT2D eigenvalue weighted by molar-refractivity contribution is 0.436. The normalized spacial score (nSPS) is 12.9. The van der Waals surface area contributed by atoms with Crippen molar-refractivity contribution >= 4 is 27.3 Å². The summed E-state index contributed by atoms with van der Waals surface area (Å²) in [4.78, 5) is 2.57. The van der Waals surface area contributed by atoms with E-state index in [-0.39, 0.29) is 6.04 Å². The van der Waals surface area contributed by atoms with E-state index >= 15 is 0 Å². The van der Waals surface area contributed by atoms with Gasteiger partial charge in [0.15, 0.2) is 0 Å². The maximum atomic E-state index is 5.82. The molecule has 0 saturated carbocycles. The molecule has 1 unspecified atom stereocenters. The number of halogens is 1. The first kappa shape index (κ1) is 12.9. The summed E-state index contributed by atoms with van der Waals surface area (Å²) in [5.41, 5.74) is 0. The first-order chi connectivity index (χ1) is 8.15. The quantitative estimate of drug-likeness (QED) is 0.911. The molecular weight excluding hydrogens is 298 g/mol. The monoisotopic (exact) mass is 313 g/mol. The van der Waals surface area contributed by atoms with Crippen LogP contribution in [-0.2, 0) is 6.42 Å². The molecule has 4 heteroatoms. The Morgan fingerprint density at radius 1 is 1.47 bits per heavy atom. The Morgan fingerprint density at radius 3 is 2.71 bits per heavy atom. The molecule has 0 aliphatic heterocycles. The summed E-state index contributed by atoms with van der Waals surface area (Å²) in [6.07, 6.45) is 0.934. The lowest BCUT2D eigenvalue weighted by Gasteiger charge is -2.11. The van der Waals surface area contributed by atoms with Crippen molar-refractivity contribution in [1.29, 1.82) is 0 Å². The lowest BCUT2D eigenvalue weighted by Crippen LogP contribution is -2.15. The number of rotatable bonds is 4. The molecule has 17 heavy (non-hydrogen) atoms. The molecule has 0 aromatic carbocycles. The summed E-state index contributed by atoms with van der Waals surface area (Å²) in [5.74, 6) is 2.02. The van der Waals surface area contributed by atoms with Crippen molar-refractivity contribution in [3.8, 4) is 0 Å². The van der Waals surface area contributed by atoms with Gasteiger partial charge in [0.25, 0.3) is 0 Å². The van der Waals surface area contributed by atoms with Crippen LogP contribution < -0.4 is 5.32 Å². The van der Waals surface area contributed by atoms with Gasteiger partial charge in [-0.3, -0.25) is 0 Å². The van der Waals surface area contributed by atoms with Gasteiger partial charge >= 0.3 is 0 Å². The highest BCUT2D eigenvalue weighted by Gasteiger charge is 2.18. The Hall–Kier alpha value is -0.580. The van der Waals surface area contributed by atoms with Crippen LogP contribution in [0.3, 0.4) is 0 Å². The molecule has 2 heterocycles. The largest absolute Gasteiger partial charge is 0.464 e. The highest BCUT2D eigenvalue weighted by Crippen LogP contribution is 2.34. The van der Waals surface area contributed by atoms with Crippen molar-refractivity contribution < 1.29 is 4.42 Å². The van der Waals surface area contributed by atoms with Crippen molar-refractivity contribution in [2.45, 2.75) is 26.3 Å². The van der Waals surface area contributed by atoms with Crippen LogP contribution >= 0.6 is 27.3 Å². The standard InChI is InChI=1S/C13H16BrNOS/c1-4-9-5-6-11(16-9)13(15-3)12-7-10(14)8(2)17-12/h5-7,13,15H,4H2,1-3H3. The molecule has 92 valence electrons. The third-order valence-corrected chi connectivity index (χ3v) is 4.97. The highest BCUT2D eigenvalue weighted by molar-refractivity contribution is 9.10. The van der Waals surface area contributed by atoms with Gasteiger partial charge in [-0.05, 0) is 48.1 Å². The first-order valence-corrected chi connectivity index (χ1v) is 7.28. The van der Waals surface area contributed by atoms with E-state index in [0.29, 0.717) is 0 Å². The van der Waals surface area contributed by atoms with Gasteiger partial charge in [-0.15, -0.1) is 11.3 Å². The maximum Gasteiger partial charge on any atom is 0.126 e. The van der Waals surface area contributed by atoms with Gasteiger partial charge in [0, 0.05) is 20.6 Å². The number of nitrogens with one attached hydrogen (secondary N) is 1. The number of furan rings is 1.